The molecule has 132 valence electrons. The van der Waals surface area contributed by atoms with E-state index in [1.807, 2.05) is 12.1 Å². The van der Waals surface area contributed by atoms with Crippen molar-refractivity contribution in [2.75, 3.05) is 13.6 Å². The maximum Gasteiger partial charge on any atom is 0.240 e. The van der Waals surface area contributed by atoms with Crippen LogP contribution in [0.1, 0.15) is 23.6 Å². The fraction of sp³-hybridized carbons (Fsp3) is 0.333. The van der Waals surface area contributed by atoms with Crippen LogP contribution in [0.3, 0.4) is 0 Å². The minimum absolute atomic E-state index is 0.00828. The van der Waals surface area contributed by atoms with Gasteiger partial charge in [0.2, 0.25) is 15.9 Å². The molecule has 1 aromatic heterocycles. The summed E-state index contributed by atoms with van der Waals surface area (Å²) in [6.45, 7) is 1.96. The van der Waals surface area contributed by atoms with Crippen molar-refractivity contribution in [1.82, 2.24) is 14.6 Å². The maximum absolute atomic E-state index is 12.6. The number of nitrogens with zero attached hydrogens (tertiary/aromatic N) is 2. The van der Waals surface area contributed by atoms with Crippen LogP contribution in [0.15, 0.2) is 53.7 Å². The third kappa shape index (κ3) is 3.57. The molecule has 1 amide bonds. The van der Waals surface area contributed by atoms with Crippen molar-refractivity contribution in [3.05, 3.63) is 59.9 Å². The van der Waals surface area contributed by atoms with Crippen molar-refractivity contribution in [2.24, 2.45) is 5.92 Å². The van der Waals surface area contributed by atoms with Gasteiger partial charge < -0.3 is 4.90 Å². The average molecular weight is 359 g/mol. The highest BCUT2D eigenvalue weighted by atomic mass is 32.2. The smallest absolute Gasteiger partial charge is 0.240 e. The van der Waals surface area contributed by atoms with E-state index in [0.717, 1.165) is 5.56 Å². The SMILES string of the molecule is Cc1ccccc1S(=O)(=O)NC[C@@H]1CC(=O)N(C)[C@H]1c1cccnc1. The Hall–Kier alpha value is -2.25. The molecular formula is C18H21N3O3S. The Labute approximate surface area is 147 Å². The normalized spacial score (nSPS) is 20.9. The van der Waals surface area contributed by atoms with E-state index in [0.29, 0.717) is 12.0 Å². The van der Waals surface area contributed by atoms with Crippen LogP contribution in [-0.2, 0) is 14.8 Å². The van der Waals surface area contributed by atoms with Gasteiger partial charge in [0, 0.05) is 38.3 Å². The molecule has 0 aliphatic carbocycles. The second-order valence-corrected chi connectivity index (χ2v) is 8.05. The fourth-order valence-corrected chi connectivity index (χ4v) is 4.67. The molecule has 0 unspecified atom stereocenters. The van der Waals surface area contributed by atoms with Crippen molar-refractivity contribution in [3.8, 4) is 0 Å². The van der Waals surface area contributed by atoms with E-state index in [-0.39, 0.29) is 29.3 Å². The number of pyridine rings is 1. The minimum Gasteiger partial charge on any atom is -0.338 e. The number of rotatable bonds is 5. The Balaban J connectivity index is 1.80. The predicted octanol–water partition coefficient (Wildman–Crippen LogP) is 1.89. The van der Waals surface area contributed by atoms with Gasteiger partial charge in [0.25, 0.3) is 0 Å². The lowest BCUT2D eigenvalue weighted by Gasteiger charge is -2.25. The van der Waals surface area contributed by atoms with Crippen LogP contribution in [0.4, 0.5) is 0 Å². The molecule has 0 saturated carbocycles. The number of sulfonamides is 1. The van der Waals surface area contributed by atoms with Gasteiger partial charge in [-0.1, -0.05) is 24.3 Å². The lowest BCUT2D eigenvalue weighted by molar-refractivity contribution is -0.127. The standard InChI is InChI=1S/C18H21N3O3S/c1-13-6-3-4-8-16(13)25(23,24)20-12-15-10-17(22)21(2)18(15)14-7-5-9-19-11-14/h3-9,11,15,18,20H,10,12H2,1-2H3/t15-,18-/m0/s1. The summed E-state index contributed by atoms with van der Waals surface area (Å²) in [5.74, 6) is -0.130. The summed E-state index contributed by atoms with van der Waals surface area (Å²) in [7, 11) is -1.87. The topological polar surface area (TPSA) is 79.4 Å². The molecule has 2 atom stereocenters. The van der Waals surface area contributed by atoms with E-state index in [9.17, 15) is 13.2 Å². The van der Waals surface area contributed by atoms with Gasteiger partial charge in [-0.15, -0.1) is 0 Å². The van der Waals surface area contributed by atoms with Crippen LogP contribution in [0.5, 0.6) is 0 Å². The van der Waals surface area contributed by atoms with E-state index in [4.69, 9.17) is 0 Å². The molecule has 1 N–H and O–H groups in total. The molecule has 7 heteroatoms. The Morgan fingerprint density at radius 3 is 2.68 bits per heavy atom. The number of carbonyl (C=O) groups excluding carboxylic acids is 1. The predicted molar refractivity (Wildman–Crippen MR) is 94.2 cm³/mol. The number of aromatic nitrogens is 1. The Morgan fingerprint density at radius 2 is 2.00 bits per heavy atom. The van der Waals surface area contributed by atoms with E-state index in [2.05, 4.69) is 9.71 Å². The van der Waals surface area contributed by atoms with Gasteiger partial charge in [-0.3, -0.25) is 9.78 Å². The fourth-order valence-electron chi connectivity index (χ4n) is 3.33. The molecule has 0 spiro atoms. The van der Waals surface area contributed by atoms with Crippen LogP contribution in [0.25, 0.3) is 0 Å². The Morgan fingerprint density at radius 1 is 1.24 bits per heavy atom. The summed E-state index contributed by atoms with van der Waals surface area (Å²) in [4.78, 5) is 18.2. The van der Waals surface area contributed by atoms with Crippen molar-refractivity contribution < 1.29 is 13.2 Å². The molecular weight excluding hydrogens is 338 g/mol. The van der Waals surface area contributed by atoms with Crippen LogP contribution >= 0.6 is 0 Å². The number of nitrogens with one attached hydrogen (secondary N) is 1. The summed E-state index contributed by atoms with van der Waals surface area (Å²) < 4.78 is 27.9. The lowest BCUT2D eigenvalue weighted by atomic mass is 9.95. The first-order valence-corrected chi connectivity index (χ1v) is 9.59. The first-order chi connectivity index (χ1) is 11.9. The summed E-state index contributed by atoms with van der Waals surface area (Å²) in [6, 6.07) is 10.4. The highest BCUT2D eigenvalue weighted by Gasteiger charge is 2.39. The quantitative estimate of drug-likeness (QED) is 0.884. The zero-order chi connectivity index (χ0) is 18.0. The molecule has 2 aromatic rings. The lowest BCUT2D eigenvalue weighted by Crippen LogP contribution is -2.33. The molecule has 1 aromatic carbocycles. The Bertz CT molecular complexity index is 868. The number of amides is 1. The van der Waals surface area contributed by atoms with Gasteiger partial charge in [-0.05, 0) is 30.2 Å². The minimum atomic E-state index is -3.61. The second kappa shape index (κ2) is 6.93. The maximum atomic E-state index is 12.6. The molecule has 1 fully saturated rings. The third-order valence-electron chi connectivity index (χ3n) is 4.64. The zero-order valence-electron chi connectivity index (χ0n) is 14.2. The monoisotopic (exact) mass is 359 g/mol. The van der Waals surface area contributed by atoms with E-state index < -0.39 is 10.0 Å². The van der Waals surface area contributed by atoms with Crippen LogP contribution in [-0.4, -0.2) is 37.8 Å². The van der Waals surface area contributed by atoms with Gasteiger partial charge in [-0.25, -0.2) is 13.1 Å². The first-order valence-electron chi connectivity index (χ1n) is 8.11. The summed E-state index contributed by atoms with van der Waals surface area (Å²) in [5.41, 5.74) is 1.61. The van der Waals surface area contributed by atoms with Gasteiger partial charge in [0.05, 0.1) is 10.9 Å². The number of aryl methyl sites for hydroxylation is 1. The second-order valence-electron chi connectivity index (χ2n) is 6.32. The molecule has 25 heavy (non-hydrogen) atoms. The average Bonchev–Trinajstić information content (AvgIpc) is 2.88. The number of benzene rings is 1. The van der Waals surface area contributed by atoms with Crippen molar-refractivity contribution in [1.29, 1.82) is 0 Å². The van der Waals surface area contributed by atoms with Gasteiger partial charge >= 0.3 is 0 Å². The summed E-state index contributed by atoms with van der Waals surface area (Å²) >= 11 is 0. The van der Waals surface area contributed by atoms with Crippen LogP contribution in [0, 0.1) is 12.8 Å². The van der Waals surface area contributed by atoms with Gasteiger partial charge in [0.15, 0.2) is 0 Å². The highest BCUT2D eigenvalue weighted by Crippen LogP contribution is 2.36. The van der Waals surface area contributed by atoms with Crippen LogP contribution in [0.2, 0.25) is 0 Å². The third-order valence-corrected chi connectivity index (χ3v) is 6.22. The summed E-state index contributed by atoms with van der Waals surface area (Å²) in [5, 5.41) is 0. The molecule has 1 aliphatic heterocycles. The largest absolute Gasteiger partial charge is 0.338 e. The highest BCUT2D eigenvalue weighted by molar-refractivity contribution is 7.89. The van der Waals surface area contributed by atoms with Gasteiger partial charge in [-0.2, -0.15) is 0 Å². The zero-order valence-corrected chi connectivity index (χ0v) is 15.0. The number of carbonyl (C=O) groups is 1. The number of likely N-dealkylation sites (tertiary alicyclic amines) is 1. The summed E-state index contributed by atoms with van der Waals surface area (Å²) in [6.07, 6.45) is 3.71. The van der Waals surface area contributed by atoms with Crippen LogP contribution < -0.4 is 4.72 Å². The number of hydrogen-bond donors (Lipinski definition) is 1. The number of hydrogen-bond acceptors (Lipinski definition) is 4. The molecule has 3 rings (SSSR count). The molecule has 1 saturated heterocycles. The molecule has 0 radical (unpaired) electrons. The van der Waals surface area contributed by atoms with E-state index in [1.165, 1.54) is 0 Å². The molecule has 0 bridgehead atoms. The Kier molecular flexibility index (Phi) is 4.87. The van der Waals surface area contributed by atoms with Crippen molar-refractivity contribution in [2.45, 2.75) is 24.3 Å². The molecule has 2 heterocycles. The van der Waals surface area contributed by atoms with Crippen molar-refractivity contribution >= 4 is 15.9 Å². The first kappa shape index (κ1) is 17.6. The van der Waals surface area contributed by atoms with E-state index >= 15 is 0 Å². The van der Waals surface area contributed by atoms with Gasteiger partial charge in [0.1, 0.15) is 0 Å². The van der Waals surface area contributed by atoms with Crippen molar-refractivity contribution in [3.63, 3.8) is 0 Å². The van der Waals surface area contributed by atoms with E-state index in [1.54, 1.807) is 55.5 Å². The molecule has 1 aliphatic rings. The molecule has 6 nitrogen and oxygen atoms in total.